The minimum atomic E-state index is -4.64. The van der Waals surface area contributed by atoms with Crippen LogP contribution in [0.2, 0.25) is 0 Å². The Bertz CT molecular complexity index is 1420. The quantitative estimate of drug-likeness (QED) is 0.0195. The molecule has 10 heteroatoms. The van der Waals surface area contributed by atoms with E-state index < -0.39 is 26.5 Å². The molecule has 0 bridgehead atoms. The van der Waals surface area contributed by atoms with Gasteiger partial charge >= 0.3 is 11.9 Å². The van der Waals surface area contributed by atoms with Gasteiger partial charge in [0.25, 0.3) is 7.82 Å². The van der Waals surface area contributed by atoms with Gasteiger partial charge in [-0.05, 0) is 38.5 Å². The van der Waals surface area contributed by atoms with Crippen LogP contribution in [-0.4, -0.2) is 70.0 Å². The van der Waals surface area contributed by atoms with Crippen LogP contribution in [0.5, 0.6) is 0 Å². The Labute approximate surface area is 524 Å². The fraction of sp³-hybridized carbons (Fsp3) is 0.946. The summed E-state index contributed by atoms with van der Waals surface area (Å²) in [5, 5.41) is 0. The molecule has 0 saturated heterocycles. The van der Waals surface area contributed by atoms with E-state index in [1.165, 1.54) is 334 Å². The standard InChI is InChI=1S/C74H146NO8P/c1-6-8-10-12-14-16-18-20-22-24-26-28-30-32-33-34-35-36-37-38-39-40-41-43-44-46-48-50-52-54-56-58-60-62-64-66-73(76)80-70-72(71-82-84(78,79)81-69-68-75(3,4)5)83-74(77)67-65-63-61-59-57-55-53-51-49-47-45-42-31-29-27-25-23-21-19-17-15-13-11-9-7-2/h25,27,72H,6-24,26,28-71H2,1-5H3/b27-25-. The molecule has 0 aliphatic carbocycles. The zero-order chi connectivity index (χ0) is 61.2. The second kappa shape index (κ2) is 66.2. The summed E-state index contributed by atoms with van der Waals surface area (Å²) in [4.78, 5) is 38.1. The summed E-state index contributed by atoms with van der Waals surface area (Å²) in [5.41, 5.74) is 0. The van der Waals surface area contributed by atoms with Gasteiger partial charge in [0.15, 0.2) is 6.10 Å². The van der Waals surface area contributed by atoms with Crippen molar-refractivity contribution in [2.75, 3.05) is 47.5 Å². The lowest BCUT2D eigenvalue weighted by Gasteiger charge is -2.28. The highest BCUT2D eigenvalue weighted by Gasteiger charge is 2.22. The van der Waals surface area contributed by atoms with Crippen molar-refractivity contribution in [3.05, 3.63) is 12.2 Å². The topological polar surface area (TPSA) is 111 Å². The van der Waals surface area contributed by atoms with Crippen LogP contribution in [-0.2, 0) is 32.7 Å². The molecule has 0 heterocycles. The van der Waals surface area contributed by atoms with Crippen LogP contribution in [0.4, 0.5) is 0 Å². The molecule has 0 fully saturated rings. The van der Waals surface area contributed by atoms with Gasteiger partial charge in [0.2, 0.25) is 0 Å². The third-order valence-corrected chi connectivity index (χ3v) is 18.2. The molecule has 0 radical (unpaired) electrons. The van der Waals surface area contributed by atoms with Crippen LogP contribution < -0.4 is 4.89 Å². The zero-order valence-electron chi connectivity index (χ0n) is 57.1. The number of hydrogen-bond acceptors (Lipinski definition) is 8. The van der Waals surface area contributed by atoms with Crippen molar-refractivity contribution in [1.29, 1.82) is 0 Å². The van der Waals surface area contributed by atoms with Crippen LogP contribution in [0, 0.1) is 0 Å². The second-order valence-electron chi connectivity index (χ2n) is 27.0. The molecule has 0 aliphatic rings. The number of carbonyl (C=O) groups is 2. The van der Waals surface area contributed by atoms with Crippen molar-refractivity contribution in [2.24, 2.45) is 0 Å². The first-order chi connectivity index (χ1) is 41.0. The number of unbranched alkanes of at least 4 members (excludes halogenated alkanes) is 55. The Morgan fingerprint density at radius 2 is 0.607 bits per heavy atom. The third-order valence-electron chi connectivity index (χ3n) is 17.3. The summed E-state index contributed by atoms with van der Waals surface area (Å²) in [7, 11) is 1.19. The highest BCUT2D eigenvalue weighted by molar-refractivity contribution is 7.45. The largest absolute Gasteiger partial charge is 0.756 e. The molecule has 0 aromatic heterocycles. The van der Waals surface area contributed by atoms with Crippen LogP contribution in [0.25, 0.3) is 0 Å². The first kappa shape index (κ1) is 82.8. The average Bonchev–Trinajstić information content (AvgIpc) is 3.60. The van der Waals surface area contributed by atoms with Crippen molar-refractivity contribution in [3.8, 4) is 0 Å². The normalized spacial score (nSPS) is 13.1. The zero-order valence-corrected chi connectivity index (χ0v) is 58.0. The molecule has 0 amide bonds. The molecule has 0 aromatic rings. The Hall–Kier alpha value is -1.25. The summed E-state index contributed by atoms with van der Waals surface area (Å²) < 4.78 is 34.4. The van der Waals surface area contributed by atoms with Crippen molar-refractivity contribution >= 4 is 19.8 Å². The molecule has 0 saturated carbocycles. The van der Waals surface area contributed by atoms with Gasteiger partial charge in [0.05, 0.1) is 27.7 Å². The van der Waals surface area contributed by atoms with Crippen LogP contribution in [0.15, 0.2) is 12.2 Å². The smallest absolute Gasteiger partial charge is 0.306 e. The number of phosphoric ester groups is 1. The summed E-state index contributed by atoms with van der Waals surface area (Å²) in [5.74, 6) is -0.807. The number of phosphoric acid groups is 1. The lowest BCUT2D eigenvalue weighted by Crippen LogP contribution is -2.37. The molecule has 0 rings (SSSR count). The number of carbonyl (C=O) groups excluding carboxylic acids is 2. The van der Waals surface area contributed by atoms with Crippen LogP contribution >= 0.6 is 7.82 Å². The maximum absolute atomic E-state index is 12.9. The Morgan fingerprint density at radius 3 is 0.881 bits per heavy atom. The molecule has 0 spiro atoms. The van der Waals surface area contributed by atoms with Crippen molar-refractivity contribution in [1.82, 2.24) is 0 Å². The van der Waals surface area contributed by atoms with Gasteiger partial charge in [0.1, 0.15) is 19.8 Å². The van der Waals surface area contributed by atoms with E-state index in [1.807, 2.05) is 21.1 Å². The number of rotatable bonds is 71. The maximum Gasteiger partial charge on any atom is 0.306 e. The van der Waals surface area contributed by atoms with E-state index in [9.17, 15) is 19.0 Å². The van der Waals surface area contributed by atoms with Crippen molar-refractivity contribution in [3.63, 3.8) is 0 Å². The van der Waals surface area contributed by atoms with E-state index >= 15 is 0 Å². The number of esters is 2. The Kier molecular flexibility index (Phi) is 65.2. The van der Waals surface area contributed by atoms with Crippen LogP contribution in [0.3, 0.4) is 0 Å². The number of ether oxygens (including phenoxy) is 2. The lowest BCUT2D eigenvalue weighted by atomic mass is 10.0. The predicted molar refractivity (Wildman–Crippen MR) is 361 cm³/mol. The van der Waals surface area contributed by atoms with Gasteiger partial charge < -0.3 is 27.9 Å². The van der Waals surface area contributed by atoms with Gasteiger partial charge in [-0.15, -0.1) is 0 Å². The molecule has 500 valence electrons. The molecule has 0 N–H and O–H groups in total. The van der Waals surface area contributed by atoms with Gasteiger partial charge in [-0.3, -0.25) is 14.2 Å². The minimum Gasteiger partial charge on any atom is -0.756 e. The molecule has 9 nitrogen and oxygen atoms in total. The monoisotopic (exact) mass is 1210 g/mol. The number of allylic oxidation sites excluding steroid dienone is 2. The maximum atomic E-state index is 12.9. The third kappa shape index (κ3) is 69.8. The molecular formula is C74H146NO8P. The fourth-order valence-electron chi connectivity index (χ4n) is 11.5. The molecule has 0 aliphatic heterocycles. The highest BCUT2D eigenvalue weighted by Crippen LogP contribution is 2.38. The van der Waals surface area contributed by atoms with Gasteiger partial charge in [-0.25, -0.2) is 0 Å². The number of quaternary nitrogens is 1. The van der Waals surface area contributed by atoms with Crippen molar-refractivity contribution in [2.45, 2.75) is 405 Å². The Morgan fingerprint density at radius 1 is 0.357 bits per heavy atom. The number of hydrogen-bond donors (Lipinski definition) is 0. The first-order valence-corrected chi connectivity index (χ1v) is 38.9. The fourth-order valence-corrected chi connectivity index (χ4v) is 12.3. The summed E-state index contributed by atoms with van der Waals surface area (Å²) >= 11 is 0. The first-order valence-electron chi connectivity index (χ1n) is 37.4. The Balaban J connectivity index is 3.92. The lowest BCUT2D eigenvalue weighted by molar-refractivity contribution is -0.870. The minimum absolute atomic E-state index is 0.0264. The van der Waals surface area contributed by atoms with Crippen molar-refractivity contribution < 1.29 is 42.1 Å². The number of likely N-dealkylation sites (N-methyl/N-ethyl adjacent to an activating group) is 1. The van der Waals surface area contributed by atoms with E-state index in [2.05, 4.69) is 26.0 Å². The van der Waals surface area contributed by atoms with E-state index in [0.717, 1.165) is 32.1 Å². The second-order valence-corrected chi connectivity index (χ2v) is 28.4. The summed E-state index contributed by atoms with van der Waals surface area (Å²) in [6, 6.07) is 0. The van der Waals surface area contributed by atoms with Gasteiger partial charge in [-0.1, -0.05) is 360 Å². The average molecular weight is 1210 g/mol. The van der Waals surface area contributed by atoms with Gasteiger partial charge in [0, 0.05) is 12.8 Å². The predicted octanol–water partition coefficient (Wildman–Crippen LogP) is 23.7. The molecule has 2 atom stereocenters. The van der Waals surface area contributed by atoms with E-state index in [-0.39, 0.29) is 32.0 Å². The van der Waals surface area contributed by atoms with E-state index in [4.69, 9.17) is 18.5 Å². The molecular weight excluding hydrogens is 1060 g/mol. The van der Waals surface area contributed by atoms with E-state index in [1.54, 1.807) is 0 Å². The molecule has 0 aromatic carbocycles. The molecule has 84 heavy (non-hydrogen) atoms. The van der Waals surface area contributed by atoms with E-state index in [0.29, 0.717) is 17.4 Å². The summed E-state index contributed by atoms with van der Waals surface area (Å²) in [6.45, 7) is 4.33. The SMILES string of the molecule is CCCCCCCCCC/C=C\CCCCCCCCCCCCCCCC(=O)OC(COC(=O)CCCCCCCCCCCCCCCCCCCCCCCCCCCCCCCCCCCCC)COP(=O)([O-])OCC[N+](C)(C)C. The van der Waals surface area contributed by atoms with Gasteiger partial charge in [-0.2, -0.15) is 0 Å². The summed E-state index contributed by atoms with van der Waals surface area (Å²) in [6.07, 6.45) is 81.8. The molecule has 2 unspecified atom stereocenters. The highest BCUT2D eigenvalue weighted by atomic mass is 31.2. The number of nitrogens with zero attached hydrogens (tertiary/aromatic N) is 1. The van der Waals surface area contributed by atoms with Crippen LogP contribution in [0.1, 0.15) is 399 Å².